The molecule has 0 saturated heterocycles. The standard InChI is InChI=1S/C17H17N5OS/c18-17-22-15-12(5-3-7-14(15)24-17)16(23)21-13-6-2-1-4-11(13)10-8-19-20-9-10/h1-2,4,6,8-9,12H,3,5,7H2,(H2,18,22)(H,19,20)(H,21,23). The quantitative estimate of drug-likeness (QED) is 0.683. The van der Waals surface area contributed by atoms with E-state index in [1.807, 2.05) is 30.5 Å². The van der Waals surface area contributed by atoms with Crippen LogP contribution < -0.4 is 11.1 Å². The lowest BCUT2D eigenvalue weighted by molar-refractivity contribution is -0.117. The van der Waals surface area contributed by atoms with Crippen LogP contribution in [0.25, 0.3) is 11.1 Å². The third-order valence-corrected chi connectivity index (χ3v) is 5.24. The Kier molecular flexibility index (Phi) is 3.78. The minimum absolute atomic E-state index is 0.0304. The van der Waals surface area contributed by atoms with Gasteiger partial charge in [-0.25, -0.2) is 4.98 Å². The predicted octanol–water partition coefficient (Wildman–Crippen LogP) is 3.17. The number of nitrogens with one attached hydrogen (secondary N) is 2. The molecule has 0 aliphatic heterocycles. The van der Waals surface area contributed by atoms with Crippen molar-refractivity contribution in [2.75, 3.05) is 11.1 Å². The second-order valence-electron chi connectivity index (χ2n) is 5.83. The summed E-state index contributed by atoms with van der Waals surface area (Å²) >= 11 is 1.49. The number of amides is 1. The first kappa shape index (κ1) is 14.9. The van der Waals surface area contributed by atoms with Crippen molar-refractivity contribution in [3.63, 3.8) is 0 Å². The second kappa shape index (κ2) is 6.09. The van der Waals surface area contributed by atoms with Crippen molar-refractivity contribution in [3.8, 4) is 11.1 Å². The van der Waals surface area contributed by atoms with Crippen molar-refractivity contribution in [2.24, 2.45) is 0 Å². The number of anilines is 2. The molecule has 0 spiro atoms. The average Bonchev–Trinajstić information content (AvgIpc) is 3.23. The molecule has 1 aliphatic carbocycles. The molecule has 0 fully saturated rings. The molecule has 122 valence electrons. The Labute approximate surface area is 143 Å². The number of H-pyrrole nitrogens is 1. The third-order valence-electron chi connectivity index (χ3n) is 4.28. The minimum Gasteiger partial charge on any atom is -0.375 e. The largest absolute Gasteiger partial charge is 0.375 e. The lowest BCUT2D eigenvalue weighted by Crippen LogP contribution is -2.24. The van der Waals surface area contributed by atoms with Crippen LogP contribution in [0, 0.1) is 0 Å². The monoisotopic (exact) mass is 339 g/mol. The lowest BCUT2D eigenvalue weighted by Gasteiger charge is -2.21. The summed E-state index contributed by atoms with van der Waals surface area (Å²) in [5, 5.41) is 10.4. The molecule has 1 amide bonds. The van der Waals surface area contributed by atoms with Gasteiger partial charge in [0.2, 0.25) is 5.91 Å². The zero-order valence-corrected chi connectivity index (χ0v) is 13.8. The molecule has 4 rings (SSSR count). The minimum atomic E-state index is -0.236. The summed E-state index contributed by atoms with van der Waals surface area (Å²) in [4.78, 5) is 18.4. The zero-order chi connectivity index (χ0) is 16.5. The molecule has 1 atom stereocenters. The number of nitrogens with two attached hydrogens (primary N) is 1. The molecule has 1 aliphatic rings. The smallest absolute Gasteiger partial charge is 0.233 e. The van der Waals surface area contributed by atoms with Crippen LogP contribution in [0.4, 0.5) is 10.8 Å². The number of para-hydroxylation sites is 1. The fourth-order valence-corrected chi connectivity index (χ4v) is 4.09. The van der Waals surface area contributed by atoms with Crippen LogP contribution in [-0.2, 0) is 11.2 Å². The van der Waals surface area contributed by atoms with E-state index in [-0.39, 0.29) is 11.8 Å². The summed E-state index contributed by atoms with van der Waals surface area (Å²) in [6, 6.07) is 7.72. The van der Waals surface area contributed by atoms with Crippen LogP contribution in [0.5, 0.6) is 0 Å². The number of benzene rings is 1. The Balaban J connectivity index is 1.62. The second-order valence-corrected chi connectivity index (χ2v) is 6.94. The number of rotatable bonds is 3. The van der Waals surface area contributed by atoms with Gasteiger partial charge in [0, 0.05) is 27.9 Å². The first-order chi connectivity index (χ1) is 11.7. The number of nitrogens with zero attached hydrogens (tertiary/aromatic N) is 2. The van der Waals surface area contributed by atoms with Gasteiger partial charge in [-0.1, -0.05) is 18.2 Å². The van der Waals surface area contributed by atoms with E-state index in [9.17, 15) is 4.79 Å². The van der Waals surface area contributed by atoms with Gasteiger partial charge >= 0.3 is 0 Å². The highest BCUT2D eigenvalue weighted by atomic mass is 32.1. The molecule has 2 aromatic heterocycles. The highest BCUT2D eigenvalue weighted by molar-refractivity contribution is 7.15. The molecular weight excluding hydrogens is 322 g/mol. The Morgan fingerprint density at radius 2 is 2.25 bits per heavy atom. The van der Waals surface area contributed by atoms with E-state index < -0.39 is 0 Å². The number of aryl methyl sites for hydroxylation is 1. The van der Waals surface area contributed by atoms with Gasteiger partial charge in [-0.05, 0) is 25.3 Å². The van der Waals surface area contributed by atoms with Gasteiger partial charge in [-0.15, -0.1) is 11.3 Å². The predicted molar refractivity (Wildman–Crippen MR) is 94.9 cm³/mol. The highest BCUT2D eigenvalue weighted by Crippen LogP contribution is 2.37. The number of fused-ring (bicyclic) bond motifs is 1. The van der Waals surface area contributed by atoms with Crippen LogP contribution in [0.15, 0.2) is 36.7 Å². The maximum Gasteiger partial charge on any atom is 0.233 e. The number of carbonyl (C=O) groups excluding carboxylic acids is 1. The molecule has 0 bridgehead atoms. The number of carbonyl (C=O) groups is 1. The highest BCUT2D eigenvalue weighted by Gasteiger charge is 2.30. The van der Waals surface area contributed by atoms with Crippen molar-refractivity contribution in [1.82, 2.24) is 15.2 Å². The number of thiazole rings is 1. The molecule has 6 nitrogen and oxygen atoms in total. The van der Waals surface area contributed by atoms with Gasteiger partial charge < -0.3 is 11.1 Å². The first-order valence-corrected chi connectivity index (χ1v) is 8.68. The van der Waals surface area contributed by atoms with E-state index in [1.165, 1.54) is 11.3 Å². The third kappa shape index (κ3) is 2.67. The molecule has 1 unspecified atom stereocenters. The molecule has 1 aromatic carbocycles. The molecular formula is C17H17N5OS. The van der Waals surface area contributed by atoms with Crippen LogP contribution in [-0.4, -0.2) is 21.1 Å². The Hall–Kier alpha value is -2.67. The van der Waals surface area contributed by atoms with Crippen molar-refractivity contribution in [2.45, 2.75) is 25.2 Å². The summed E-state index contributed by atoms with van der Waals surface area (Å²) in [7, 11) is 0. The number of aromatic amines is 1. The fraction of sp³-hybridized carbons (Fsp3) is 0.235. The van der Waals surface area contributed by atoms with Crippen molar-refractivity contribution in [1.29, 1.82) is 0 Å². The number of nitrogen functional groups attached to an aromatic ring is 1. The summed E-state index contributed by atoms with van der Waals surface area (Å²) in [6.07, 6.45) is 6.29. The van der Waals surface area contributed by atoms with E-state index in [0.717, 1.165) is 46.6 Å². The Bertz CT molecular complexity index is 871. The molecule has 0 saturated carbocycles. The van der Waals surface area contributed by atoms with Crippen LogP contribution >= 0.6 is 11.3 Å². The summed E-state index contributed by atoms with van der Waals surface area (Å²) in [5.41, 5.74) is 9.33. The molecule has 24 heavy (non-hydrogen) atoms. The van der Waals surface area contributed by atoms with Gasteiger partial charge in [-0.2, -0.15) is 5.10 Å². The van der Waals surface area contributed by atoms with Crippen molar-refractivity contribution < 1.29 is 4.79 Å². The van der Waals surface area contributed by atoms with Gasteiger partial charge in [0.25, 0.3) is 0 Å². The van der Waals surface area contributed by atoms with E-state index in [2.05, 4.69) is 20.5 Å². The van der Waals surface area contributed by atoms with Crippen LogP contribution in [0.2, 0.25) is 0 Å². The molecule has 3 aromatic rings. The van der Waals surface area contributed by atoms with Crippen molar-refractivity contribution in [3.05, 3.63) is 47.2 Å². The fourth-order valence-electron chi connectivity index (χ4n) is 3.15. The summed E-state index contributed by atoms with van der Waals surface area (Å²) in [6.45, 7) is 0. The Morgan fingerprint density at radius 3 is 3.08 bits per heavy atom. The van der Waals surface area contributed by atoms with Crippen LogP contribution in [0.1, 0.15) is 29.3 Å². The van der Waals surface area contributed by atoms with Gasteiger partial charge in [0.1, 0.15) is 0 Å². The van der Waals surface area contributed by atoms with E-state index in [0.29, 0.717) is 5.13 Å². The van der Waals surface area contributed by atoms with Gasteiger partial charge in [0.15, 0.2) is 5.13 Å². The maximum absolute atomic E-state index is 12.9. The normalized spacial score (nSPS) is 16.6. The van der Waals surface area contributed by atoms with Crippen LogP contribution in [0.3, 0.4) is 0 Å². The lowest BCUT2D eigenvalue weighted by atomic mass is 9.90. The summed E-state index contributed by atoms with van der Waals surface area (Å²) < 4.78 is 0. The number of hydrogen-bond acceptors (Lipinski definition) is 5. The molecule has 0 radical (unpaired) electrons. The van der Waals surface area contributed by atoms with E-state index in [1.54, 1.807) is 6.20 Å². The summed E-state index contributed by atoms with van der Waals surface area (Å²) in [5.74, 6) is -0.267. The SMILES string of the molecule is Nc1nc2c(s1)CCCC2C(=O)Nc1ccccc1-c1cn[nH]c1. The number of aromatic nitrogens is 3. The van der Waals surface area contributed by atoms with E-state index >= 15 is 0 Å². The number of hydrogen-bond donors (Lipinski definition) is 3. The van der Waals surface area contributed by atoms with Gasteiger partial charge in [-0.3, -0.25) is 9.89 Å². The zero-order valence-electron chi connectivity index (χ0n) is 13.0. The van der Waals surface area contributed by atoms with Gasteiger partial charge in [0.05, 0.1) is 17.8 Å². The average molecular weight is 339 g/mol. The molecule has 7 heteroatoms. The molecule has 4 N–H and O–H groups in total. The topological polar surface area (TPSA) is 96.7 Å². The maximum atomic E-state index is 12.9. The van der Waals surface area contributed by atoms with Crippen molar-refractivity contribution >= 4 is 28.1 Å². The molecule has 2 heterocycles. The first-order valence-electron chi connectivity index (χ1n) is 7.86. The Morgan fingerprint density at radius 1 is 1.38 bits per heavy atom. The van der Waals surface area contributed by atoms with E-state index in [4.69, 9.17) is 5.73 Å².